The van der Waals surface area contributed by atoms with Gasteiger partial charge < -0.3 is 4.74 Å². The van der Waals surface area contributed by atoms with Crippen molar-refractivity contribution in [3.8, 4) is 11.6 Å². The highest BCUT2D eigenvalue weighted by Gasteiger charge is 2.23. The van der Waals surface area contributed by atoms with Crippen LogP contribution in [0.25, 0.3) is 0 Å². The molecule has 0 aliphatic heterocycles. The topological polar surface area (TPSA) is 78.2 Å². The van der Waals surface area contributed by atoms with Crippen molar-refractivity contribution in [3.63, 3.8) is 0 Å². The smallest absolute Gasteiger partial charge is 0.368 e. The number of aryl methyl sites for hydroxylation is 1. The minimum atomic E-state index is -0.686. The molecule has 0 aliphatic rings. The Morgan fingerprint density at radius 3 is 2.75 bits per heavy atom. The Bertz CT molecular complexity index is 664. The first-order valence-corrected chi connectivity index (χ1v) is 6.39. The van der Waals surface area contributed by atoms with E-state index in [4.69, 9.17) is 27.9 Å². The first-order chi connectivity index (χ1) is 9.52. The molecule has 2 rings (SSSR count). The number of benzene rings is 1. The van der Waals surface area contributed by atoms with Crippen LogP contribution in [0.15, 0.2) is 24.5 Å². The van der Waals surface area contributed by atoms with Crippen LogP contribution in [0, 0.1) is 10.1 Å². The summed E-state index contributed by atoms with van der Waals surface area (Å²) in [5.74, 6) is 0.184. The lowest BCUT2D eigenvalue weighted by molar-refractivity contribution is -0.386. The lowest BCUT2D eigenvalue weighted by Gasteiger charge is -2.07. The highest BCUT2D eigenvalue weighted by atomic mass is 35.5. The van der Waals surface area contributed by atoms with Gasteiger partial charge in [-0.05, 0) is 30.2 Å². The zero-order valence-corrected chi connectivity index (χ0v) is 11.9. The van der Waals surface area contributed by atoms with Crippen LogP contribution in [0.5, 0.6) is 11.6 Å². The van der Waals surface area contributed by atoms with Crippen molar-refractivity contribution in [2.75, 3.05) is 0 Å². The molecule has 6 nitrogen and oxygen atoms in total. The maximum absolute atomic E-state index is 11.0. The quantitative estimate of drug-likeness (QED) is 0.483. The van der Waals surface area contributed by atoms with Crippen molar-refractivity contribution < 1.29 is 9.66 Å². The minimum absolute atomic E-state index is 0.209. The van der Waals surface area contributed by atoms with Gasteiger partial charge in [0.2, 0.25) is 5.15 Å². The number of nitro groups is 1. The average Bonchev–Trinajstić information content (AvgIpc) is 2.40. The van der Waals surface area contributed by atoms with Crippen LogP contribution in [0.3, 0.4) is 0 Å². The second-order valence-corrected chi connectivity index (χ2v) is 4.55. The van der Waals surface area contributed by atoms with Gasteiger partial charge in [0.25, 0.3) is 0 Å². The molecule has 0 unspecified atom stereocenters. The second kappa shape index (κ2) is 6.02. The lowest BCUT2D eigenvalue weighted by Crippen LogP contribution is -1.98. The summed E-state index contributed by atoms with van der Waals surface area (Å²) in [5, 5.41) is 11.3. The van der Waals surface area contributed by atoms with Gasteiger partial charge in [-0.25, -0.2) is 4.98 Å². The van der Waals surface area contributed by atoms with Crippen LogP contribution in [0.4, 0.5) is 5.69 Å². The predicted molar refractivity (Wildman–Crippen MR) is 74.6 cm³/mol. The highest BCUT2D eigenvalue weighted by molar-refractivity contribution is 6.31. The summed E-state index contributed by atoms with van der Waals surface area (Å²) in [6, 6.07) is 4.95. The Labute approximate surface area is 124 Å². The van der Waals surface area contributed by atoms with E-state index < -0.39 is 10.6 Å². The van der Waals surface area contributed by atoms with Crippen molar-refractivity contribution in [2.24, 2.45) is 0 Å². The molecule has 0 aliphatic carbocycles. The van der Waals surface area contributed by atoms with Crippen molar-refractivity contribution in [3.05, 3.63) is 50.4 Å². The summed E-state index contributed by atoms with van der Waals surface area (Å²) in [6.45, 7) is 1.94. The fraction of sp³-hybridized carbons (Fsp3) is 0.167. The molecule has 0 saturated carbocycles. The van der Waals surface area contributed by atoms with E-state index in [0.29, 0.717) is 17.2 Å². The highest BCUT2D eigenvalue weighted by Crippen LogP contribution is 2.34. The number of rotatable bonds is 4. The van der Waals surface area contributed by atoms with Gasteiger partial charge in [0.15, 0.2) is 0 Å². The van der Waals surface area contributed by atoms with E-state index >= 15 is 0 Å². The molecule has 0 bridgehead atoms. The van der Waals surface area contributed by atoms with Crippen LogP contribution in [-0.4, -0.2) is 14.9 Å². The molecule has 0 saturated heterocycles. The van der Waals surface area contributed by atoms with Crippen molar-refractivity contribution in [2.45, 2.75) is 13.3 Å². The SMILES string of the molecule is CCc1cc(Oc2ncnc(Cl)c2[N+](=O)[O-])ccc1Cl. The maximum Gasteiger partial charge on any atom is 0.368 e. The van der Waals surface area contributed by atoms with Gasteiger partial charge in [0, 0.05) is 5.02 Å². The van der Waals surface area contributed by atoms with Crippen molar-refractivity contribution >= 4 is 28.9 Å². The van der Waals surface area contributed by atoms with Crippen LogP contribution in [0.2, 0.25) is 10.2 Å². The van der Waals surface area contributed by atoms with Gasteiger partial charge in [-0.2, -0.15) is 4.98 Å². The zero-order chi connectivity index (χ0) is 14.7. The number of ether oxygens (including phenoxy) is 1. The van der Waals surface area contributed by atoms with E-state index in [1.54, 1.807) is 18.2 Å². The van der Waals surface area contributed by atoms with E-state index in [-0.39, 0.29) is 11.0 Å². The molecule has 104 valence electrons. The molecule has 0 amide bonds. The second-order valence-electron chi connectivity index (χ2n) is 3.78. The molecule has 0 N–H and O–H groups in total. The average molecular weight is 314 g/mol. The zero-order valence-electron chi connectivity index (χ0n) is 10.3. The third-order valence-corrected chi connectivity index (χ3v) is 3.18. The third kappa shape index (κ3) is 2.97. The summed E-state index contributed by atoms with van der Waals surface area (Å²) in [4.78, 5) is 17.6. The minimum Gasteiger partial charge on any atom is -0.434 e. The fourth-order valence-corrected chi connectivity index (χ4v) is 2.01. The summed E-state index contributed by atoms with van der Waals surface area (Å²) >= 11 is 11.7. The molecule has 8 heteroatoms. The third-order valence-electron chi connectivity index (χ3n) is 2.54. The number of halogens is 2. The van der Waals surface area contributed by atoms with Crippen molar-refractivity contribution in [1.29, 1.82) is 0 Å². The number of hydrogen-bond acceptors (Lipinski definition) is 5. The molecule has 0 fully saturated rings. The Kier molecular flexibility index (Phi) is 4.36. The van der Waals surface area contributed by atoms with Crippen LogP contribution in [0.1, 0.15) is 12.5 Å². The Hall–Kier alpha value is -1.92. The molecule has 0 atom stereocenters. The van der Waals surface area contributed by atoms with Crippen LogP contribution in [-0.2, 0) is 6.42 Å². The maximum atomic E-state index is 11.0. The Balaban J connectivity index is 2.40. The molecule has 1 aromatic carbocycles. The van der Waals surface area contributed by atoms with Gasteiger partial charge in [-0.1, -0.05) is 30.1 Å². The van der Waals surface area contributed by atoms with E-state index in [0.717, 1.165) is 11.9 Å². The van der Waals surface area contributed by atoms with Crippen LogP contribution >= 0.6 is 23.2 Å². The standard InChI is InChI=1S/C12H9Cl2N3O3/c1-2-7-5-8(3-4-9(7)13)20-12-10(17(18)19)11(14)15-6-16-12/h3-6H,2H2,1H3. The molecule has 20 heavy (non-hydrogen) atoms. The van der Waals surface area contributed by atoms with Gasteiger partial charge in [0.1, 0.15) is 12.1 Å². The molecular formula is C12H9Cl2N3O3. The molecule has 1 aromatic heterocycles. The lowest BCUT2D eigenvalue weighted by atomic mass is 10.1. The van der Waals surface area contributed by atoms with Gasteiger partial charge in [-0.3, -0.25) is 10.1 Å². The normalized spacial score (nSPS) is 10.3. The van der Waals surface area contributed by atoms with Gasteiger partial charge in [-0.15, -0.1) is 0 Å². The monoisotopic (exact) mass is 313 g/mol. The van der Waals surface area contributed by atoms with E-state index in [2.05, 4.69) is 9.97 Å². The molecule has 1 heterocycles. The van der Waals surface area contributed by atoms with Gasteiger partial charge >= 0.3 is 11.6 Å². The summed E-state index contributed by atoms with van der Waals surface area (Å²) in [6.07, 6.45) is 1.81. The summed E-state index contributed by atoms with van der Waals surface area (Å²) < 4.78 is 5.41. The molecular weight excluding hydrogens is 305 g/mol. The Morgan fingerprint density at radius 2 is 2.10 bits per heavy atom. The number of aromatic nitrogens is 2. The first kappa shape index (κ1) is 14.5. The van der Waals surface area contributed by atoms with Crippen LogP contribution < -0.4 is 4.74 Å². The van der Waals surface area contributed by atoms with Crippen molar-refractivity contribution in [1.82, 2.24) is 9.97 Å². The number of nitrogens with zero attached hydrogens (tertiary/aromatic N) is 3. The fourth-order valence-electron chi connectivity index (χ4n) is 1.57. The van der Waals surface area contributed by atoms with E-state index in [1.165, 1.54) is 0 Å². The van der Waals surface area contributed by atoms with E-state index in [9.17, 15) is 10.1 Å². The summed E-state index contributed by atoms with van der Waals surface area (Å²) in [5.41, 5.74) is 0.397. The number of hydrogen-bond donors (Lipinski definition) is 0. The van der Waals surface area contributed by atoms with Gasteiger partial charge in [0.05, 0.1) is 4.92 Å². The first-order valence-electron chi connectivity index (χ1n) is 5.64. The Morgan fingerprint density at radius 1 is 1.35 bits per heavy atom. The predicted octanol–water partition coefficient (Wildman–Crippen LogP) is 4.05. The largest absolute Gasteiger partial charge is 0.434 e. The molecule has 0 spiro atoms. The van der Waals surface area contributed by atoms with E-state index in [1.807, 2.05) is 6.92 Å². The molecule has 0 radical (unpaired) electrons. The molecule has 2 aromatic rings. The summed E-state index contributed by atoms with van der Waals surface area (Å²) in [7, 11) is 0.